The molecule has 2 aromatic carbocycles. The van der Waals surface area contributed by atoms with Gasteiger partial charge >= 0.3 is 0 Å². The topological polar surface area (TPSA) is 88.6 Å². The van der Waals surface area contributed by atoms with Gasteiger partial charge in [-0.3, -0.25) is 4.79 Å². The zero-order valence-electron chi connectivity index (χ0n) is 16.5. The molecule has 0 spiro atoms. The summed E-state index contributed by atoms with van der Waals surface area (Å²) in [4.78, 5) is 16.4. The molecule has 3 rings (SSSR count). The Kier molecular flexibility index (Phi) is 7.21. The number of nitrogens with zero attached hydrogens (tertiary/aromatic N) is 2. The number of likely N-dealkylation sites (N-methyl/N-ethyl adjacent to an activating group) is 1. The third kappa shape index (κ3) is 6.24. The Hall–Kier alpha value is -3.01. The molecule has 1 heterocycles. The number of aromatic nitrogens is 1. The standard InChI is InChI=1S/C21H19ClFN3O4S/c1-26(31(28,29)19-9-3-16(22)4-10-19)14-20(27)24-12-15-2-11-21(25-13-15)30-18-7-5-17(23)6-8-18/h2-11,13H,12,14H2,1H3,(H,24,27). The highest BCUT2D eigenvalue weighted by Gasteiger charge is 2.22. The Bertz CT molecular complexity index is 1140. The fourth-order valence-corrected chi connectivity index (χ4v) is 3.78. The third-order valence-electron chi connectivity index (χ3n) is 4.21. The van der Waals surface area contributed by atoms with E-state index < -0.39 is 15.9 Å². The summed E-state index contributed by atoms with van der Waals surface area (Å²) in [7, 11) is -2.48. The van der Waals surface area contributed by atoms with Gasteiger partial charge < -0.3 is 10.1 Å². The van der Waals surface area contributed by atoms with Gasteiger partial charge in [-0.2, -0.15) is 4.31 Å². The number of sulfonamides is 1. The van der Waals surface area contributed by atoms with Crippen molar-refractivity contribution in [3.63, 3.8) is 0 Å². The average Bonchev–Trinajstić information content (AvgIpc) is 2.75. The van der Waals surface area contributed by atoms with Crippen molar-refractivity contribution in [2.24, 2.45) is 0 Å². The van der Waals surface area contributed by atoms with Gasteiger partial charge in [0.1, 0.15) is 11.6 Å². The summed E-state index contributed by atoms with van der Waals surface area (Å²) in [5.74, 6) is -0.0694. The van der Waals surface area contributed by atoms with E-state index in [0.717, 1.165) is 4.31 Å². The Morgan fingerprint density at radius 3 is 2.39 bits per heavy atom. The molecule has 0 atom stereocenters. The van der Waals surface area contributed by atoms with Crippen LogP contribution in [0.25, 0.3) is 0 Å². The monoisotopic (exact) mass is 463 g/mol. The fraction of sp³-hybridized carbons (Fsp3) is 0.143. The molecule has 31 heavy (non-hydrogen) atoms. The number of carbonyl (C=O) groups excluding carboxylic acids is 1. The first-order valence-electron chi connectivity index (χ1n) is 9.11. The van der Waals surface area contributed by atoms with E-state index in [1.54, 1.807) is 12.1 Å². The molecule has 1 amide bonds. The first kappa shape index (κ1) is 22.7. The summed E-state index contributed by atoms with van der Waals surface area (Å²) in [6.07, 6.45) is 1.52. The molecule has 0 aliphatic heterocycles. The van der Waals surface area contributed by atoms with Crippen LogP contribution in [0.15, 0.2) is 71.8 Å². The van der Waals surface area contributed by atoms with Crippen LogP contribution in [0.2, 0.25) is 5.02 Å². The highest BCUT2D eigenvalue weighted by molar-refractivity contribution is 7.89. The molecule has 162 valence electrons. The van der Waals surface area contributed by atoms with E-state index in [1.807, 2.05) is 0 Å². The summed E-state index contributed by atoms with van der Waals surface area (Å²) in [6, 6.07) is 14.6. The minimum absolute atomic E-state index is 0.0492. The largest absolute Gasteiger partial charge is 0.439 e. The van der Waals surface area contributed by atoms with Gasteiger partial charge in [-0.15, -0.1) is 0 Å². The molecule has 10 heteroatoms. The summed E-state index contributed by atoms with van der Waals surface area (Å²) in [5, 5.41) is 3.07. The van der Waals surface area contributed by atoms with Crippen LogP contribution in [0.3, 0.4) is 0 Å². The maximum atomic E-state index is 12.9. The molecular weight excluding hydrogens is 445 g/mol. The van der Waals surface area contributed by atoms with Gasteiger partial charge in [0.25, 0.3) is 0 Å². The lowest BCUT2D eigenvalue weighted by Crippen LogP contribution is -2.38. The molecule has 0 aliphatic carbocycles. The normalized spacial score (nSPS) is 11.4. The maximum Gasteiger partial charge on any atom is 0.243 e. The molecule has 0 saturated carbocycles. The fourth-order valence-electron chi connectivity index (χ4n) is 2.53. The van der Waals surface area contributed by atoms with Crippen LogP contribution < -0.4 is 10.1 Å². The van der Waals surface area contributed by atoms with Crippen molar-refractivity contribution in [3.8, 4) is 11.6 Å². The smallest absolute Gasteiger partial charge is 0.243 e. The lowest BCUT2D eigenvalue weighted by atomic mass is 10.3. The second-order valence-electron chi connectivity index (χ2n) is 6.55. The zero-order valence-corrected chi connectivity index (χ0v) is 18.0. The Morgan fingerprint density at radius 1 is 1.10 bits per heavy atom. The molecule has 1 aromatic heterocycles. The number of benzene rings is 2. The number of pyridine rings is 1. The number of hydrogen-bond donors (Lipinski definition) is 1. The van der Waals surface area contributed by atoms with E-state index in [9.17, 15) is 17.6 Å². The van der Waals surface area contributed by atoms with Crippen LogP contribution in [0.4, 0.5) is 4.39 Å². The minimum Gasteiger partial charge on any atom is -0.439 e. The van der Waals surface area contributed by atoms with Crippen molar-refractivity contribution < 1.29 is 22.3 Å². The molecule has 0 fully saturated rings. The summed E-state index contributed by atoms with van der Waals surface area (Å²) >= 11 is 5.78. The number of halogens is 2. The maximum absolute atomic E-state index is 12.9. The predicted molar refractivity (Wildman–Crippen MR) is 114 cm³/mol. The van der Waals surface area contributed by atoms with E-state index in [4.69, 9.17) is 16.3 Å². The number of carbonyl (C=O) groups is 1. The van der Waals surface area contributed by atoms with Gasteiger partial charge in [0.15, 0.2) is 0 Å². The van der Waals surface area contributed by atoms with Crippen molar-refractivity contribution in [2.45, 2.75) is 11.4 Å². The molecule has 0 saturated heterocycles. The zero-order chi connectivity index (χ0) is 22.4. The lowest BCUT2D eigenvalue weighted by molar-refractivity contribution is -0.121. The summed E-state index contributed by atoms with van der Waals surface area (Å²) < 4.78 is 44.4. The molecule has 7 nitrogen and oxygen atoms in total. The quantitative estimate of drug-likeness (QED) is 0.551. The predicted octanol–water partition coefficient (Wildman–Crippen LogP) is 3.60. The van der Waals surface area contributed by atoms with Gasteiger partial charge in [0.2, 0.25) is 21.8 Å². The SMILES string of the molecule is CN(CC(=O)NCc1ccc(Oc2ccc(F)cc2)nc1)S(=O)(=O)c1ccc(Cl)cc1. The van der Waals surface area contributed by atoms with Crippen LogP contribution >= 0.6 is 11.6 Å². The molecule has 1 N–H and O–H groups in total. The number of hydrogen-bond acceptors (Lipinski definition) is 5. The van der Waals surface area contributed by atoms with E-state index >= 15 is 0 Å². The third-order valence-corrected chi connectivity index (χ3v) is 6.28. The van der Waals surface area contributed by atoms with Gasteiger partial charge in [0.05, 0.1) is 11.4 Å². The van der Waals surface area contributed by atoms with Crippen molar-refractivity contribution in [2.75, 3.05) is 13.6 Å². The highest BCUT2D eigenvalue weighted by Crippen LogP contribution is 2.20. The van der Waals surface area contributed by atoms with Crippen LogP contribution in [-0.2, 0) is 21.4 Å². The second-order valence-corrected chi connectivity index (χ2v) is 9.03. The van der Waals surface area contributed by atoms with Crippen molar-refractivity contribution in [1.29, 1.82) is 0 Å². The van der Waals surface area contributed by atoms with Crippen molar-refractivity contribution in [1.82, 2.24) is 14.6 Å². The van der Waals surface area contributed by atoms with Gasteiger partial charge in [-0.1, -0.05) is 17.7 Å². The Labute approximate surface area is 184 Å². The van der Waals surface area contributed by atoms with Crippen molar-refractivity contribution in [3.05, 3.63) is 83.3 Å². The molecular formula is C21H19ClFN3O4S. The van der Waals surface area contributed by atoms with Crippen LogP contribution in [0, 0.1) is 5.82 Å². The van der Waals surface area contributed by atoms with Crippen LogP contribution in [-0.4, -0.2) is 37.2 Å². The van der Waals surface area contributed by atoms with Crippen LogP contribution in [0.1, 0.15) is 5.56 Å². The molecule has 0 aliphatic rings. The van der Waals surface area contributed by atoms with Gasteiger partial charge in [-0.25, -0.2) is 17.8 Å². The first-order chi connectivity index (χ1) is 14.7. The Morgan fingerprint density at radius 2 is 1.77 bits per heavy atom. The average molecular weight is 464 g/mol. The first-order valence-corrected chi connectivity index (χ1v) is 10.9. The summed E-state index contributed by atoms with van der Waals surface area (Å²) in [6.45, 7) is -0.179. The van der Waals surface area contributed by atoms with E-state index in [1.165, 1.54) is 61.8 Å². The Balaban J connectivity index is 1.52. The van der Waals surface area contributed by atoms with Crippen LogP contribution in [0.5, 0.6) is 11.6 Å². The summed E-state index contributed by atoms with van der Waals surface area (Å²) in [5.41, 5.74) is 0.697. The molecule has 3 aromatic rings. The molecule has 0 unspecified atom stereocenters. The number of nitrogens with one attached hydrogen (secondary N) is 1. The number of ether oxygens (including phenoxy) is 1. The minimum atomic E-state index is -3.81. The number of rotatable bonds is 8. The van der Waals surface area contributed by atoms with Gasteiger partial charge in [-0.05, 0) is 54.1 Å². The molecule has 0 radical (unpaired) electrons. The van der Waals surface area contributed by atoms with E-state index in [-0.39, 0.29) is 23.8 Å². The van der Waals surface area contributed by atoms with E-state index in [2.05, 4.69) is 10.3 Å². The molecule has 0 bridgehead atoms. The van der Waals surface area contributed by atoms with Crippen molar-refractivity contribution >= 4 is 27.5 Å². The van der Waals surface area contributed by atoms with Gasteiger partial charge in [0, 0.05) is 30.9 Å². The number of amides is 1. The highest BCUT2D eigenvalue weighted by atomic mass is 35.5. The second kappa shape index (κ2) is 9.86. The lowest BCUT2D eigenvalue weighted by Gasteiger charge is -2.17. The van der Waals surface area contributed by atoms with E-state index in [0.29, 0.717) is 22.2 Å².